The zero-order chi connectivity index (χ0) is 19.7. The maximum absolute atomic E-state index is 12.7. The van der Waals surface area contributed by atoms with Gasteiger partial charge >= 0.3 is 17.9 Å². The van der Waals surface area contributed by atoms with Gasteiger partial charge in [-0.2, -0.15) is 0 Å². The van der Waals surface area contributed by atoms with Gasteiger partial charge < -0.3 is 23.8 Å². The Balaban J connectivity index is 1.79. The lowest BCUT2D eigenvalue weighted by Gasteiger charge is -2.34. The van der Waals surface area contributed by atoms with Gasteiger partial charge in [0.1, 0.15) is 24.1 Å². The molecule has 0 radical (unpaired) electrons. The Labute approximate surface area is 157 Å². The monoisotopic (exact) mass is 379 g/mol. The first-order valence-electron chi connectivity index (χ1n) is 9.28. The molecule has 2 saturated heterocycles. The summed E-state index contributed by atoms with van der Waals surface area (Å²) in [6, 6.07) is -0.435. The number of rotatable bonds is 2. The Morgan fingerprint density at radius 3 is 2.63 bits per heavy atom. The minimum atomic E-state index is -0.637. The third-order valence-electron chi connectivity index (χ3n) is 6.19. The summed E-state index contributed by atoms with van der Waals surface area (Å²) in [7, 11) is 3.67. The van der Waals surface area contributed by atoms with Crippen molar-refractivity contribution >= 4 is 17.9 Å². The van der Waals surface area contributed by atoms with Crippen molar-refractivity contribution in [2.75, 3.05) is 14.1 Å². The van der Waals surface area contributed by atoms with Crippen molar-refractivity contribution in [1.29, 1.82) is 0 Å². The minimum Gasteiger partial charge on any atom is -0.461 e. The molecule has 0 spiro atoms. The van der Waals surface area contributed by atoms with Crippen LogP contribution in [0.4, 0.5) is 0 Å². The molecule has 3 heterocycles. The summed E-state index contributed by atoms with van der Waals surface area (Å²) >= 11 is 0. The molecule has 0 aromatic rings. The largest absolute Gasteiger partial charge is 0.461 e. The second-order valence-electron chi connectivity index (χ2n) is 8.39. The molecule has 8 atom stereocenters. The van der Waals surface area contributed by atoms with Gasteiger partial charge in [-0.05, 0) is 27.1 Å². The number of hydrogen-bond donors (Lipinski definition) is 0. The van der Waals surface area contributed by atoms with Crippen molar-refractivity contribution in [3.63, 3.8) is 0 Å². The summed E-state index contributed by atoms with van der Waals surface area (Å²) in [5.41, 5.74) is -0.595. The molecular formula is C19H25NO7. The molecule has 8 nitrogen and oxygen atoms in total. The molecule has 4 rings (SSSR count). The predicted octanol–water partition coefficient (Wildman–Crippen LogP) is 0.644. The molecule has 8 heteroatoms. The number of nitrogens with zero attached hydrogens (tertiary/aromatic N) is 1. The van der Waals surface area contributed by atoms with E-state index in [1.165, 1.54) is 6.92 Å². The molecule has 3 aliphatic heterocycles. The van der Waals surface area contributed by atoms with Crippen LogP contribution in [0.2, 0.25) is 0 Å². The average Bonchev–Trinajstić information content (AvgIpc) is 2.95. The minimum absolute atomic E-state index is 0.300. The first-order chi connectivity index (χ1) is 12.6. The van der Waals surface area contributed by atoms with E-state index < -0.39 is 47.6 Å². The van der Waals surface area contributed by atoms with Crippen molar-refractivity contribution < 1.29 is 33.3 Å². The Morgan fingerprint density at radius 2 is 2.00 bits per heavy atom. The highest BCUT2D eigenvalue weighted by Gasteiger charge is 2.65. The van der Waals surface area contributed by atoms with E-state index in [4.69, 9.17) is 18.9 Å². The zero-order valence-corrected chi connectivity index (χ0v) is 16.1. The summed E-state index contributed by atoms with van der Waals surface area (Å²) in [4.78, 5) is 38.5. The first-order valence-corrected chi connectivity index (χ1v) is 9.28. The van der Waals surface area contributed by atoms with Gasteiger partial charge in [0, 0.05) is 13.3 Å². The lowest BCUT2D eigenvalue weighted by atomic mass is 9.80. The van der Waals surface area contributed by atoms with E-state index in [0.717, 1.165) is 0 Å². The third kappa shape index (κ3) is 2.86. The van der Waals surface area contributed by atoms with Crippen LogP contribution in [0.15, 0.2) is 11.8 Å². The van der Waals surface area contributed by atoms with Crippen molar-refractivity contribution in [3.05, 3.63) is 11.8 Å². The van der Waals surface area contributed by atoms with Gasteiger partial charge in [0.15, 0.2) is 0 Å². The Hall–Kier alpha value is -1.93. The predicted molar refractivity (Wildman–Crippen MR) is 91.1 cm³/mol. The van der Waals surface area contributed by atoms with Gasteiger partial charge in [-0.3, -0.25) is 14.4 Å². The molecule has 2 fully saturated rings. The molecule has 0 N–H and O–H groups in total. The SMILES string of the molecule is CC(=O)OC1C(N(C)C)C2C=C(OC2=O)C2C(CC3(C)OC13)OC(=O)C2C. The molecule has 8 unspecified atom stereocenters. The highest BCUT2D eigenvalue weighted by molar-refractivity contribution is 5.81. The van der Waals surface area contributed by atoms with E-state index in [0.29, 0.717) is 12.2 Å². The lowest BCUT2D eigenvalue weighted by Crippen LogP contribution is -2.51. The van der Waals surface area contributed by atoms with Crippen LogP contribution in [0.3, 0.4) is 0 Å². The fourth-order valence-electron chi connectivity index (χ4n) is 4.83. The molecule has 27 heavy (non-hydrogen) atoms. The van der Waals surface area contributed by atoms with Gasteiger partial charge in [-0.1, -0.05) is 6.92 Å². The molecule has 0 aromatic heterocycles. The van der Waals surface area contributed by atoms with E-state index in [9.17, 15) is 14.4 Å². The summed E-state index contributed by atoms with van der Waals surface area (Å²) in [6.45, 7) is 5.06. The molecular weight excluding hydrogens is 354 g/mol. The van der Waals surface area contributed by atoms with Gasteiger partial charge in [0.05, 0.1) is 29.4 Å². The number of epoxide rings is 1. The average molecular weight is 379 g/mol. The normalized spacial score (nSPS) is 45.4. The maximum Gasteiger partial charge on any atom is 0.319 e. The van der Waals surface area contributed by atoms with Crippen molar-refractivity contribution in [3.8, 4) is 0 Å². The number of hydrogen-bond acceptors (Lipinski definition) is 8. The van der Waals surface area contributed by atoms with Crippen LogP contribution in [-0.2, 0) is 33.3 Å². The molecule has 0 aromatic carbocycles. The second-order valence-corrected chi connectivity index (χ2v) is 8.39. The number of carbonyl (C=O) groups excluding carboxylic acids is 3. The first kappa shape index (κ1) is 18.4. The van der Waals surface area contributed by atoms with E-state index in [-0.39, 0.29) is 18.0 Å². The maximum atomic E-state index is 12.7. The van der Waals surface area contributed by atoms with Gasteiger partial charge in [-0.25, -0.2) is 0 Å². The number of likely N-dealkylation sites (N-methyl/N-ethyl adjacent to an activating group) is 1. The quantitative estimate of drug-likeness (QED) is 0.392. The van der Waals surface area contributed by atoms with Crippen LogP contribution in [-0.4, -0.2) is 66.9 Å². The van der Waals surface area contributed by atoms with Crippen LogP contribution in [0.5, 0.6) is 0 Å². The van der Waals surface area contributed by atoms with Gasteiger partial charge in [0.2, 0.25) is 0 Å². The van der Waals surface area contributed by atoms with Crippen LogP contribution in [0.1, 0.15) is 27.2 Å². The highest BCUT2D eigenvalue weighted by atomic mass is 16.6. The van der Waals surface area contributed by atoms with E-state index in [2.05, 4.69) is 0 Å². The summed E-state index contributed by atoms with van der Waals surface area (Å²) in [5, 5.41) is 0. The van der Waals surface area contributed by atoms with Crippen LogP contribution in [0, 0.1) is 17.8 Å². The topological polar surface area (TPSA) is 94.7 Å². The van der Waals surface area contributed by atoms with Gasteiger partial charge in [0.25, 0.3) is 0 Å². The van der Waals surface area contributed by atoms with E-state index >= 15 is 0 Å². The van der Waals surface area contributed by atoms with E-state index in [1.54, 1.807) is 13.0 Å². The molecule has 2 bridgehead atoms. The standard InChI is InChI=1S/C19H25NO7/c1-8-13-11-6-10(18(23)25-11)14(20(4)5)15(24-9(2)21)16-19(3,27-16)7-12(13)26-17(8)22/h6,8,10,12-16H,7H2,1-5H3. The third-order valence-corrected chi connectivity index (χ3v) is 6.19. The Morgan fingerprint density at radius 1 is 1.30 bits per heavy atom. The summed E-state index contributed by atoms with van der Waals surface area (Å²) in [5.74, 6) is -1.99. The zero-order valence-electron chi connectivity index (χ0n) is 16.1. The number of carbonyl (C=O) groups is 3. The highest BCUT2D eigenvalue weighted by Crippen LogP contribution is 2.51. The van der Waals surface area contributed by atoms with Crippen molar-refractivity contribution in [1.82, 2.24) is 4.90 Å². The van der Waals surface area contributed by atoms with Crippen molar-refractivity contribution in [2.45, 2.75) is 57.1 Å². The fourth-order valence-corrected chi connectivity index (χ4v) is 4.83. The van der Waals surface area contributed by atoms with Crippen molar-refractivity contribution in [2.24, 2.45) is 17.8 Å². The van der Waals surface area contributed by atoms with Crippen LogP contribution in [0.25, 0.3) is 0 Å². The number of fused-ring (bicyclic) bond motifs is 4. The molecule has 0 amide bonds. The van der Waals surface area contributed by atoms with Crippen LogP contribution < -0.4 is 0 Å². The smallest absolute Gasteiger partial charge is 0.319 e. The van der Waals surface area contributed by atoms with E-state index in [1.807, 2.05) is 25.9 Å². The van der Waals surface area contributed by atoms with Gasteiger partial charge in [-0.15, -0.1) is 0 Å². The fraction of sp³-hybridized carbons (Fsp3) is 0.737. The molecule has 148 valence electrons. The summed E-state index contributed by atoms with van der Waals surface area (Å²) < 4.78 is 22.8. The molecule has 1 aliphatic carbocycles. The lowest BCUT2D eigenvalue weighted by molar-refractivity contribution is -0.156. The molecule has 0 saturated carbocycles. The Bertz CT molecular complexity index is 732. The summed E-state index contributed by atoms with van der Waals surface area (Å²) in [6.07, 6.45) is 0.768. The van der Waals surface area contributed by atoms with Crippen LogP contribution >= 0.6 is 0 Å². The second kappa shape index (κ2) is 6.04. The number of ether oxygens (including phenoxy) is 4. The Kier molecular flexibility index (Phi) is 4.12. The molecule has 4 aliphatic rings. The number of esters is 3.